The van der Waals surface area contributed by atoms with Gasteiger partial charge in [0.1, 0.15) is 0 Å². The molecule has 0 radical (unpaired) electrons. The average molecular weight is 434 g/mol. The number of halogens is 2. The molecule has 0 fully saturated rings. The fourth-order valence-corrected chi connectivity index (χ4v) is 3.94. The van der Waals surface area contributed by atoms with Gasteiger partial charge in [0.15, 0.2) is 0 Å². The molecule has 0 saturated heterocycles. The van der Waals surface area contributed by atoms with Crippen molar-refractivity contribution >= 4 is 62.4 Å². The predicted octanol–water partition coefficient (Wildman–Crippen LogP) is 5.28. The lowest BCUT2D eigenvalue weighted by Gasteiger charge is -2.04. The van der Waals surface area contributed by atoms with Gasteiger partial charge in [-0.1, -0.05) is 38.9 Å². The molecular formula is C18H10BrClN2O2S. The first-order valence-corrected chi connectivity index (χ1v) is 9.28. The molecule has 7 heteroatoms. The largest absolute Gasteiger partial charge is 0.493 e. The van der Waals surface area contributed by atoms with Crippen LogP contribution >= 0.6 is 38.9 Å². The van der Waals surface area contributed by atoms with Gasteiger partial charge in [-0.05, 0) is 48.5 Å². The molecule has 3 aromatic rings. The number of allylic oxidation sites excluding steroid dienone is 1. The molecule has 1 aliphatic rings. The number of aromatic nitrogens is 1. The lowest BCUT2D eigenvalue weighted by molar-refractivity contribution is 0.440. The summed E-state index contributed by atoms with van der Waals surface area (Å²) in [6, 6.07) is 12.5. The summed E-state index contributed by atoms with van der Waals surface area (Å²) in [6.45, 7) is 0. The molecular weight excluding hydrogens is 424 g/mol. The van der Waals surface area contributed by atoms with Gasteiger partial charge in [-0.2, -0.15) is 0 Å². The quantitative estimate of drug-likeness (QED) is 0.598. The third-order valence-electron chi connectivity index (χ3n) is 3.80. The zero-order valence-electron chi connectivity index (χ0n) is 12.6. The van der Waals surface area contributed by atoms with Crippen molar-refractivity contribution in [3.05, 3.63) is 72.1 Å². The Bertz CT molecular complexity index is 1100. The maximum atomic E-state index is 12.3. The van der Waals surface area contributed by atoms with E-state index in [0.717, 1.165) is 32.6 Å². The van der Waals surface area contributed by atoms with Crippen molar-refractivity contribution < 1.29 is 5.11 Å². The van der Waals surface area contributed by atoms with Crippen molar-refractivity contribution in [2.24, 2.45) is 4.99 Å². The third-order valence-corrected chi connectivity index (χ3v) is 5.42. The van der Waals surface area contributed by atoms with Crippen molar-refractivity contribution in [1.29, 1.82) is 0 Å². The van der Waals surface area contributed by atoms with Crippen molar-refractivity contribution in [2.75, 3.05) is 0 Å². The van der Waals surface area contributed by atoms with Crippen LogP contribution < -0.4 is 4.87 Å². The molecule has 2 aromatic carbocycles. The molecule has 4 nitrogen and oxygen atoms in total. The summed E-state index contributed by atoms with van der Waals surface area (Å²) in [5.41, 5.74) is 3.22. The fourth-order valence-electron chi connectivity index (χ4n) is 2.61. The fraction of sp³-hybridized carbons (Fsp3) is 0. The molecule has 1 N–H and O–H groups in total. The summed E-state index contributed by atoms with van der Waals surface area (Å²) >= 11 is 10.3. The maximum absolute atomic E-state index is 12.3. The van der Waals surface area contributed by atoms with E-state index in [2.05, 4.69) is 20.9 Å². The molecule has 25 heavy (non-hydrogen) atoms. The SMILES string of the molecule is O=c1sc(C=C2C=Nc3ccc(Br)cc32)c(O)n1-c1ccc(Cl)cc1. The Hall–Kier alpha value is -2.15. The van der Waals surface area contributed by atoms with E-state index in [1.54, 1.807) is 36.6 Å². The van der Waals surface area contributed by atoms with E-state index in [9.17, 15) is 9.90 Å². The summed E-state index contributed by atoms with van der Waals surface area (Å²) in [6.07, 6.45) is 3.50. The van der Waals surface area contributed by atoms with Crippen LogP contribution in [0.25, 0.3) is 17.3 Å². The minimum absolute atomic E-state index is 0.0957. The molecule has 0 aliphatic carbocycles. The van der Waals surface area contributed by atoms with Gasteiger partial charge in [0.2, 0.25) is 5.88 Å². The van der Waals surface area contributed by atoms with Gasteiger partial charge in [0.25, 0.3) is 0 Å². The standard InChI is InChI=1S/C18H10BrClN2O2S/c19-11-1-6-15-14(8-11)10(9-21-15)7-16-17(23)22(18(24)25-16)13-4-2-12(20)3-5-13/h1-9,23H. The molecule has 0 amide bonds. The highest BCUT2D eigenvalue weighted by molar-refractivity contribution is 9.10. The number of thiazole rings is 1. The van der Waals surface area contributed by atoms with Gasteiger partial charge < -0.3 is 5.11 Å². The van der Waals surface area contributed by atoms with Crippen LogP contribution in [-0.4, -0.2) is 15.9 Å². The summed E-state index contributed by atoms with van der Waals surface area (Å²) in [5.74, 6) is -0.0957. The van der Waals surface area contributed by atoms with Crippen LogP contribution in [0.5, 0.6) is 5.88 Å². The molecule has 124 valence electrons. The van der Waals surface area contributed by atoms with E-state index < -0.39 is 0 Å². The number of rotatable bonds is 2. The van der Waals surface area contributed by atoms with E-state index >= 15 is 0 Å². The van der Waals surface area contributed by atoms with Gasteiger partial charge in [0, 0.05) is 26.8 Å². The first kappa shape index (κ1) is 16.3. The Morgan fingerprint density at radius 1 is 1.20 bits per heavy atom. The van der Waals surface area contributed by atoms with Gasteiger partial charge in [0.05, 0.1) is 16.3 Å². The van der Waals surface area contributed by atoms with Crippen LogP contribution in [0.1, 0.15) is 10.4 Å². The number of nitrogens with zero attached hydrogens (tertiary/aromatic N) is 2. The summed E-state index contributed by atoms with van der Waals surface area (Å²) in [5, 5.41) is 11.1. The van der Waals surface area contributed by atoms with Crippen molar-refractivity contribution in [3.63, 3.8) is 0 Å². The summed E-state index contributed by atoms with van der Waals surface area (Å²) in [4.78, 5) is 16.9. The second-order valence-corrected chi connectivity index (χ2v) is 7.73. The Balaban J connectivity index is 1.81. The smallest absolute Gasteiger partial charge is 0.315 e. The second kappa shape index (κ2) is 6.29. The monoisotopic (exact) mass is 432 g/mol. The minimum atomic E-state index is -0.268. The van der Waals surface area contributed by atoms with E-state index in [1.165, 1.54) is 4.57 Å². The van der Waals surface area contributed by atoms with Crippen molar-refractivity contribution in [3.8, 4) is 11.6 Å². The van der Waals surface area contributed by atoms with Crippen LogP contribution in [0.2, 0.25) is 5.02 Å². The molecule has 0 spiro atoms. The number of hydrogen-bond acceptors (Lipinski definition) is 4. The molecule has 1 aromatic heterocycles. The van der Waals surface area contributed by atoms with Gasteiger partial charge >= 0.3 is 4.87 Å². The van der Waals surface area contributed by atoms with Crippen molar-refractivity contribution in [1.82, 2.24) is 4.57 Å². The predicted molar refractivity (Wildman–Crippen MR) is 107 cm³/mol. The highest BCUT2D eigenvalue weighted by atomic mass is 79.9. The minimum Gasteiger partial charge on any atom is -0.493 e. The Morgan fingerprint density at radius 2 is 1.96 bits per heavy atom. The first-order valence-electron chi connectivity index (χ1n) is 7.29. The zero-order valence-corrected chi connectivity index (χ0v) is 15.8. The van der Waals surface area contributed by atoms with Crippen LogP contribution in [0.4, 0.5) is 5.69 Å². The van der Waals surface area contributed by atoms with Gasteiger partial charge in [-0.15, -0.1) is 0 Å². The Morgan fingerprint density at radius 3 is 2.72 bits per heavy atom. The number of aromatic hydroxyl groups is 1. The number of benzene rings is 2. The zero-order chi connectivity index (χ0) is 17.6. The van der Waals surface area contributed by atoms with Crippen LogP contribution in [0, 0.1) is 0 Å². The average Bonchev–Trinajstić information content (AvgIpc) is 3.10. The second-order valence-electron chi connectivity index (χ2n) is 5.39. The highest BCUT2D eigenvalue weighted by Gasteiger charge is 2.17. The van der Waals surface area contributed by atoms with Gasteiger partial charge in [-0.25, -0.2) is 4.57 Å². The van der Waals surface area contributed by atoms with Gasteiger partial charge in [-0.3, -0.25) is 9.79 Å². The molecule has 4 rings (SSSR count). The number of hydrogen-bond donors (Lipinski definition) is 1. The lowest BCUT2D eigenvalue weighted by atomic mass is 10.1. The lowest BCUT2D eigenvalue weighted by Crippen LogP contribution is -2.09. The molecule has 0 atom stereocenters. The number of fused-ring (bicyclic) bond motifs is 1. The van der Waals surface area contributed by atoms with E-state index in [0.29, 0.717) is 15.6 Å². The Labute approximate surface area is 160 Å². The third kappa shape index (κ3) is 2.97. The van der Waals surface area contributed by atoms with E-state index in [1.807, 2.05) is 18.2 Å². The summed E-state index contributed by atoms with van der Waals surface area (Å²) in [7, 11) is 0. The molecule has 1 aliphatic heterocycles. The number of aliphatic imine (C=N–C) groups is 1. The molecule has 2 heterocycles. The van der Waals surface area contributed by atoms with E-state index in [-0.39, 0.29) is 10.8 Å². The van der Waals surface area contributed by atoms with Crippen LogP contribution in [0.3, 0.4) is 0 Å². The van der Waals surface area contributed by atoms with Crippen molar-refractivity contribution in [2.45, 2.75) is 0 Å². The Kier molecular flexibility index (Phi) is 4.11. The topological polar surface area (TPSA) is 54.6 Å². The van der Waals surface area contributed by atoms with Crippen LogP contribution in [-0.2, 0) is 0 Å². The molecule has 0 saturated carbocycles. The van der Waals surface area contributed by atoms with Crippen LogP contribution in [0.15, 0.2) is 56.7 Å². The summed E-state index contributed by atoms with van der Waals surface area (Å²) < 4.78 is 2.21. The normalized spacial score (nSPS) is 14.2. The van der Waals surface area contributed by atoms with E-state index in [4.69, 9.17) is 11.6 Å². The molecule has 0 bridgehead atoms. The highest BCUT2D eigenvalue weighted by Crippen LogP contribution is 2.36. The first-order chi connectivity index (χ1) is 12.0. The molecule has 0 unspecified atom stereocenters. The maximum Gasteiger partial charge on any atom is 0.315 e.